The highest BCUT2D eigenvalue weighted by molar-refractivity contribution is 7.18. The van der Waals surface area contributed by atoms with Gasteiger partial charge in [-0.15, -0.1) is 11.3 Å². The summed E-state index contributed by atoms with van der Waals surface area (Å²) in [7, 11) is 0. The molecular weight excluding hydrogens is 276 g/mol. The Kier molecular flexibility index (Phi) is 3.13. The number of carbonyl (C=O) groups is 1. The first-order chi connectivity index (χ1) is 9.16. The van der Waals surface area contributed by atoms with Crippen molar-refractivity contribution in [3.05, 3.63) is 68.9 Å². The third kappa shape index (κ3) is 2.18. The zero-order valence-electron chi connectivity index (χ0n) is 10.3. The summed E-state index contributed by atoms with van der Waals surface area (Å²) in [4.78, 5) is 13.3. The second kappa shape index (κ2) is 4.80. The molecule has 0 aliphatic carbocycles. The van der Waals surface area contributed by atoms with E-state index >= 15 is 0 Å². The first-order valence-electron chi connectivity index (χ1n) is 5.95. The SMILES string of the molecule is Cc1cc(C(=O)c2cccc3ccccc23)sc1Cl. The number of benzene rings is 2. The van der Waals surface area contributed by atoms with Gasteiger partial charge in [-0.1, -0.05) is 54.1 Å². The van der Waals surface area contributed by atoms with Crippen LogP contribution in [-0.2, 0) is 0 Å². The topological polar surface area (TPSA) is 17.1 Å². The molecule has 0 aliphatic heterocycles. The monoisotopic (exact) mass is 286 g/mol. The lowest BCUT2D eigenvalue weighted by molar-refractivity contribution is 0.104. The van der Waals surface area contributed by atoms with Gasteiger partial charge in [0.15, 0.2) is 0 Å². The van der Waals surface area contributed by atoms with E-state index in [-0.39, 0.29) is 5.78 Å². The lowest BCUT2D eigenvalue weighted by atomic mass is 10.0. The summed E-state index contributed by atoms with van der Waals surface area (Å²) in [6, 6.07) is 15.6. The van der Waals surface area contributed by atoms with E-state index in [9.17, 15) is 4.79 Å². The third-order valence-corrected chi connectivity index (χ3v) is 4.67. The normalized spacial score (nSPS) is 10.8. The van der Waals surface area contributed by atoms with Crippen LogP contribution in [0.4, 0.5) is 0 Å². The summed E-state index contributed by atoms with van der Waals surface area (Å²) >= 11 is 7.39. The summed E-state index contributed by atoms with van der Waals surface area (Å²) in [5, 5.41) is 2.06. The Morgan fingerprint density at radius 1 is 1.11 bits per heavy atom. The number of hydrogen-bond acceptors (Lipinski definition) is 2. The summed E-state index contributed by atoms with van der Waals surface area (Å²) in [5.74, 6) is 0.0387. The van der Waals surface area contributed by atoms with Gasteiger partial charge in [0.25, 0.3) is 0 Å². The maximum atomic E-state index is 12.6. The number of aryl methyl sites for hydroxylation is 1. The quantitative estimate of drug-likeness (QED) is 0.599. The highest BCUT2D eigenvalue weighted by atomic mass is 35.5. The zero-order valence-corrected chi connectivity index (χ0v) is 11.9. The van der Waals surface area contributed by atoms with E-state index in [1.807, 2.05) is 55.5 Å². The Hall–Kier alpha value is -1.64. The minimum absolute atomic E-state index is 0.0387. The predicted octanol–water partition coefficient (Wildman–Crippen LogP) is 5.09. The van der Waals surface area contributed by atoms with Gasteiger partial charge in [0, 0.05) is 5.56 Å². The molecule has 0 aliphatic rings. The lowest BCUT2D eigenvalue weighted by Gasteiger charge is -2.04. The van der Waals surface area contributed by atoms with Gasteiger partial charge in [-0.3, -0.25) is 4.79 Å². The van der Waals surface area contributed by atoms with Gasteiger partial charge >= 0.3 is 0 Å². The van der Waals surface area contributed by atoms with Gasteiger partial charge < -0.3 is 0 Å². The molecule has 0 fully saturated rings. The van der Waals surface area contributed by atoms with Crippen molar-refractivity contribution in [1.29, 1.82) is 0 Å². The molecule has 0 spiro atoms. The van der Waals surface area contributed by atoms with Crippen LogP contribution >= 0.6 is 22.9 Å². The molecule has 3 aromatic rings. The van der Waals surface area contributed by atoms with E-state index in [0.717, 1.165) is 21.9 Å². The van der Waals surface area contributed by atoms with Crippen LogP contribution in [0.1, 0.15) is 20.8 Å². The standard InChI is InChI=1S/C16H11ClOS/c1-10-9-14(19-16(10)17)15(18)13-8-4-6-11-5-2-3-7-12(11)13/h2-9H,1H3. The fourth-order valence-corrected chi connectivity index (χ4v) is 3.28. The lowest BCUT2D eigenvalue weighted by Crippen LogP contribution is -1.99. The maximum absolute atomic E-state index is 12.6. The molecule has 2 aromatic carbocycles. The first kappa shape index (κ1) is 12.4. The van der Waals surface area contributed by atoms with Gasteiger partial charge in [-0.25, -0.2) is 0 Å². The predicted molar refractivity (Wildman–Crippen MR) is 81.4 cm³/mol. The van der Waals surface area contributed by atoms with Crippen molar-refractivity contribution < 1.29 is 4.79 Å². The van der Waals surface area contributed by atoms with Crippen LogP contribution in [0.15, 0.2) is 48.5 Å². The highest BCUT2D eigenvalue weighted by Gasteiger charge is 2.15. The smallest absolute Gasteiger partial charge is 0.203 e. The summed E-state index contributed by atoms with van der Waals surface area (Å²) in [6.07, 6.45) is 0. The van der Waals surface area contributed by atoms with Crippen molar-refractivity contribution in [1.82, 2.24) is 0 Å². The number of ketones is 1. The van der Waals surface area contributed by atoms with Gasteiger partial charge in [0.2, 0.25) is 5.78 Å². The Morgan fingerprint density at radius 2 is 1.84 bits per heavy atom. The van der Waals surface area contributed by atoms with Gasteiger partial charge in [-0.2, -0.15) is 0 Å². The Balaban J connectivity index is 2.16. The van der Waals surface area contributed by atoms with Crippen LogP contribution in [0.25, 0.3) is 10.8 Å². The minimum Gasteiger partial charge on any atom is -0.288 e. The van der Waals surface area contributed by atoms with Crippen LogP contribution in [-0.4, -0.2) is 5.78 Å². The van der Waals surface area contributed by atoms with E-state index in [1.54, 1.807) is 0 Å². The largest absolute Gasteiger partial charge is 0.288 e. The summed E-state index contributed by atoms with van der Waals surface area (Å²) < 4.78 is 0.684. The van der Waals surface area contributed by atoms with E-state index in [4.69, 9.17) is 11.6 Å². The zero-order chi connectivity index (χ0) is 13.4. The highest BCUT2D eigenvalue weighted by Crippen LogP contribution is 2.30. The molecule has 94 valence electrons. The molecule has 0 radical (unpaired) electrons. The Labute approximate surface area is 120 Å². The third-order valence-electron chi connectivity index (χ3n) is 3.12. The average molecular weight is 287 g/mol. The fraction of sp³-hybridized carbons (Fsp3) is 0.0625. The van der Waals surface area contributed by atoms with Crippen LogP contribution in [0.2, 0.25) is 4.34 Å². The summed E-state index contributed by atoms with van der Waals surface area (Å²) in [6.45, 7) is 1.92. The second-order valence-corrected chi connectivity index (χ2v) is 6.08. The van der Waals surface area contributed by atoms with E-state index in [0.29, 0.717) is 9.21 Å². The Bertz CT molecular complexity index is 749. The van der Waals surface area contributed by atoms with Crippen molar-refractivity contribution >= 4 is 39.5 Å². The fourth-order valence-electron chi connectivity index (χ4n) is 2.13. The van der Waals surface area contributed by atoms with Crippen molar-refractivity contribution in [3.63, 3.8) is 0 Å². The molecule has 0 N–H and O–H groups in total. The van der Waals surface area contributed by atoms with Crippen molar-refractivity contribution in [3.8, 4) is 0 Å². The molecule has 19 heavy (non-hydrogen) atoms. The molecule has 1 heterocycles. The number of thiophene rings is 1. The first-order valence-corrected chi connectivity index (χ1v) is 7.14. The molecule has 0 unspecified atom stereocenters. The van der Waals surface area contributed by atoms with Crippen molar-refractivity contribution in [2.45, 2.75) is 6.92 Å². The molecule has 1 aromatic heterocycles. The van der Waals surface area contributed by atoms with E-state index < -0.39 is 0 Å². The Morgan fingerprint density at radius 3 is 2.58 bits per heavy atom. The second-order valence-electron chi connectivity index (χ2n) is 4.42. The van der Waals surface area contributed by atoms with Gasteiger partial charge in [0.05, 0.1) is 9.21 Å². The number of fused-ring (bicyclic) bond motifs is 1. The van der Waals surface area contributed by atoms with Gasteiger partial charge in [-0.05, 0) is 29.3 Å². The molecule has 1 nitrogen and oxygen atoms in total. The van der Waals surface area contributed by atoms with Gasteiger partial charge in [0.1, 0.15) is 0 Å². The molecule has 3 rings (SSSR count). The van der Waals surface area contributed by atoms with E-state index in [2.05, 4.69) is 0 Å². The molecule has 3 heteroatoms. The van der Waals surface area contributed by atoms with Crippen LogP contribution in [0.5, 0.6) is 0 Å². The molecule has 0 amide bonds. The average Bonchev–Trinajstić information content (AvgIpc) is 2.77. The van der Waals surface area contributed by atoms with Crippen LogP contribution in [0.3, 0.4) is 0 Å². The number of hydrogen-bond donors (Lipinski definition) is 0. The van der Waals surface area contributed by atoms with Crippen LogP contribution < -0.4 is 0 Å². The molecule has 0 bridgehead atoms. The van der Waals surface area contributed by atoms with Crippen molar-refractivity contribution in [2.24, 2.45) is 0 Å². The number of carbonyl (C=O) groups excluding carboxylic acids is 1. The maximum Gasteiger partial charge on any atom is 0.203 e. The van der Waals surface area contributed by atoms with E-state index in [1.165, 1.54) is 11.3 Å². The molecular formula is C16H11ClOS. The molecule has 0 saturated carbocycles. The summed E-state index contributed by atoms with van der Waals surface area (Å²) in [5.41, 5.74) is 1.69. The number of rotatable bonds is 2. The molecule has 0 saturated heterocycles. The molecule has 0 atom stereocenters. The number of halogens is 1. The van der Waals surface area contributed by atoms with Crippen molar-refractivity contribution in [2.75, 3.05) is 0 Å². The minimum atomic E-state index is 0.0387. The van der Waals surface area contributed by atoms with Crippen LogP contribution in [0, 0.1) is 6.92 Å².